The zero-order valence-corrected chi connectivity index (χ0v) is 29.7. The van der Waals surface area contributed by atoms with Gasteiger partial charge in [0.2, 0.25) is 0 Å². The Morgan fingerprint density at radius 2 is 0.717 bits per heavy atom. The van der Waals surface area contributed by atoms with Gasteiger partial charge in [0, 0.05) is 20.2 Å². The van der Waals surface area contributed by atoms with Crippen LogP contribution in [0.3, 0.4) is 0 Å². The summed E-state index contributed by atoms with van der Waals surface area (Å²) in [6, 6.07) is 71.8. The van der Waals surface area contributed by atoms with Crippen molar-refractivity contribution in [2.24, 2.45) is 0 Å². The molecule has 0 aliphatic rings. The van der Waals surface area contributed by atoms with E-state index in [0.29, 0.717) is 0 Å². The topological polar surface area (TPSA) is 0 Å². The normalized spacial score (nSPS) is 11.8. The number of thiophene rings is 1. The molecule has 0 nitrogen and oxygen atoms in total. The van der Waals surface area contributed by atoms with Crippen molar-refractivity contribution in [3.8, 4) is 44.5 Å². The van der Waals surface area contributed by atoms with E-state index in [9.17, 15) is 0 Å². The van der Waals surface area contributed by atoms with Gasteiger partial charge >= 0.3 is 0 Å². The molecular weight excluding hydrogens is 657 g/mol. The Morgan fingerprint density at radius 3 is 1.40 bits per heavy atom. The quantitative estimate of drug-likeness (QED) is 0.162. The van der Waals surface area contributed by atoms with Crippen LogP contribution in [0.4, 0.5) is 0 Å². The number of fused-ring (bicyclic) bond motifs is 7. The first-order valence-electron chi connectivity index (χ1n) is 18.2. The zero-order valence-electron chi connectivity index (χ0n) is 28.9. The summed E-state index contributed by atoms with van der Waals surface area (Å²) in [5.41, 5.74) is 9.97. The van der Waals surface area contributed by atoms with Crippen LogP contribution in [-0.4, -0.2) is 0 Å². The third-order valence-electron chi connectivity index (χ3n) is 11.0. The van der Waals surface area contributed by atoms with Crippen LogP contribution in [-0.2, 0) is 0 Å². The van der Waals surface area contributed by atoms with Crippen LogP contribution in [0.5, 0.6) is 0 Å². The summed E-state index contributed by atoms with van der Waals surface area (Å²) < 4.78 is 2.66. The molecule has 11 rings (SSSR count). The van der Waals surface area contributed by atoms with Crippen LogP contribution < -0.4 is 0 Å². The predicted octanol–water partition coefficient (Wildman–Crippen LogP) is 15.3. The number of benzene rings is 10. The van der Waals surface area contributed by atoms with Crippen LogP contribution in [0.2, 0.25) is 0 Å². The van der Waals surface area contributed by atoms with Crippen molar-refractivity contribution in [1.82, 2.24) is 0 Å². The van der Waals surface area contributed by atoms with E-state index in [-0.39, 0.29) is 0 Å². The molecular formula is C52H32S. The van der Waals surface area contributed by atoms with Crippen LogP contribution in [0.1, 0.15) is 0 Å². The van der Waals surface area contributed by atoms with Crippen LogP contribution in [0, 0.1) is 0 Å². The maximum Gasteiger partial charge on any atom is 0.0361 e. The lowest BCUT2D eigenvalue weighted by molar-refractivity contribution is 1.62. The second kappa shape index (κ2) is 12.0. The van der Waals surface area contributed by atoms with Gasteiger partial charge in [0.15, 0.2) is 0 Å². The van der Waals surface area contributed by atoms with Crippen LogP contribution >= 0.6 is 11.3 Å². The molecule has 0 radical (unpaired) electrons. The van der Waals surface area contributed by atoms with Gasteiger partial charge in [-0.2, -0.15) is 0 Å². The number of rotatable bonds is 4. The summed E-state index contributed by atoms with van der Waals surface area (Å²) in [6.07, 6.45) is 0. The fraction of sp³-hybridized carbons (Fsp3) is 0. The van der Waals surface area contributed by atoms with E-state index in [1.807, 2.05) is 11.3 Å². The van der Waals surface area contributed by atoms with Crippen molar-refractivity contribution >= 4 is 74.6 Å². The minimum absolute atomic E-state index is 1.23. The molecule has 1 heteroatoms. The Kier molecular flexibility index (Phi) is 6.83. The smallest absolute Gasteiger partial charge is 0.0361 e. The highest BCUT2D eigenvalue weighted by atomic mass is 32.1. The summed E-state index contributed by atoms with van der Waals surface area (Å²) >= 11 is 1.88. The molecule has 246 valence electrons. The Bertz CT molecular complexity index is 3170. The van der Waals surface area contributed by atoms with E-state index >= 15 is 0 Å². The second-order valence-electron chi connectivity index (χ2n) is 14.0. The largest absolute Gasteiger partial charge is 0.135 e. The molecule has 0 atom stereocenters. The average molecular weight is 689 g/mol. The molecule has 1 heterocycles. The third kappa shape index (κ3) is 4.89. The maximum absolute atomic E-state index is 2.39. The van der Waals surface area contributed by atoms with Gasteiger partial charge in [-0.1, -0.05) is 158 Å². The zero-order chi connectivity index (χ0) is 34.9. The lowest BCUT2D eigenvalue weighted by Gasteiger charge is -2.19. The van der Waals surface area contributed by atoms with Gasteiger partial charge in [-0.05, 0) is 124 Å². The van der Waals surface area contributed by atoms with Crippen molar-refractivity contribution in [3.05, 3.63) is 194 Å². The molecule has 0 amide bonds. The highest BCUT2D eigenvalue weighted by molar-refractivity contribution is 7.25. The van der Waals surface area contributed by atoms with Crippen molar-refractivity contribution in [1.29, 1.82) is 0 Å². The summed E-state index contributed by atoms with van der Waals surface area (Å²) in [5, 5.41) is 12.8. The summed E-state index contributed by atoms with van der Waals surface area (Å²) in [5.74, 6) is 0. The lowest BCUT2D eigenvalue weighted by Crippen LogP contribution is -1.91. The molecule has 10 aromatic carbocycles. The predicted molar refractivity (Wildman–Crippen MR) is 231 cm³/mol. The van der Waals surface area contributed by atoms with Gasteiger partial charge in [-0.25, -0.2) is 0 Å². The standard InChI is InChI=1S/C52H32S/c1-2-14-36-32-50-48(30-35(36)13-1)47-31-37(26-27-49(47)53-50)34-16-9-18-39(28-34)51-43-21-5-7-23-45(43)52(46-24-8-6-22-44(46)51)40-19-10-17-38(29-40)42-25-11-15-33-12-3-4-20-41(33)42/h1-32H. The third-order valence-corrected chi connectivity index (χ3v) is 12.1. The fourth-order valence-corrected chi connectivity index (χ4v) is 9.68. The van der Waals surface area contributed by atoms with Crippen LogP contribution in [0.15, 0.2) is 194 Å². The van der Waals surface area contributed by atoms with Crippen molar-refractivity contribution in [3.63, 3.8) is 0 Å². The van der Waals surface area contributed by atoms with Gasteiger partial charge in [0.05, 0.1) is 0 Å². The lowest BCUT2D eigenvalue weighted by atomic mass is 9.85. The molecule has 0 saturated carbocycles. The van der Waals surface area contributed by atoms with Crippen molar-refractivity contribution < 1.29 is 0 Å². The first-order valence-corrected chi connectivity index (χ1v) is 19.1. The molecule has 0 fully saturated rings. The Labute approximate surface area is 311 Å². The first-order chi connectivity index (χ1) is 26.3. The second-order valence-corrected chi connectivity index (χ2v) is 15.1. The van der Waals surface area contributed by atoms with Gasteiger partial charge in [-0.15, -0.1) is 11.3 Å². The minimum atomic E-state index is 1.23. The number of hydrogen-bond donors (Lipinski definition) is 0. The average Bonchev–Trinajstić information content (AvgIpc) is 3.58. The molecule has 0 aliphatic carbocycles. The highest BCUT2D eigenvalue weighted by Gasteiger charge is 2.18. The SMILES string of the molecule is c1cc(-c2ccc3sc4cc5ccccc5cc4c3c2)cc(-c2c3ccccc3c(-c3cccc(-c4cccc5ccccc45)c3)c3ccccc23)c1. The first kappa shape index (κ1) is 30.1. The molecule has 0 saturated heterocycles. The summed E-state index contributed by atoms with van der Waals surface area (Å²) in [6.45, 7) is 0. The van der Waals surface area contributed by atoms with E-state index in [1.54, 1.807) is 0 Å². The van der Waals surface area contributed by atoms with E-state index in [2.05, 4.69) is 194 Å². The molecule has 11 aromatic rings. The molecule has 1 aromatic heterocycles. The Hall–Kier alpha value is -6.54. The summed E-state index contributed by atoms with van der Waals surface area (Å²) in [4.78, 5) is 0. The molecule has 0 spiro atoms. The van der Waals surface area contributed by atoms with E-state index < -0.39 is 0 Å². The molecule has 0 aliphatic heterocycles. The molecule has 0 N–H and O–H groups in total. The van der Waals surface area contributed by atoms with Gasteiger partial charge < -0.3 is 0 Å². The van der Waals surface area contributed by atoms with Gasteiger partial charge in [-0.3, -0.25) is 0 Å². The monoisotopic (exact) mass is 688 g/mol. The van der Waals surface area contributed by atoms with E-state index in [4.69, 9.17) is 0 Å². The van der Waals surface area contributed by atoms with Gasteiger partial charge in [0.1, 0.15) is 0 Å². The van der Waals surface area contributed by atoms with Gasteiger partial charge in [0.25, 0.3) is 0 Å². The maximum atomic E-state index is 2.39. The van der Waals surface area contributed by atoms with Crippen LogP contribution in [0.25, 0.3) is 108 Å². The fourth-order valence-electron chi connectivity index (χ4n) is 8.57. The Balaban J connectivity index is 1.09. The van der Waals surface area contributed by atoms with Crippen molar-refractivity contribution in [2.45, 2.75) is 0 Å². The van der Waals surface area contributed by atoms with Crippen molar-refractivity contribution in [2.75, 3.05) is 0 Å². The van der Waals surface area contributed by atoms with E-state index in [0.717, 1.165) is 0 Å². The Morgan fingerprint density at radius 1 is 0.245 bits per heavy atom. The van der Waals surface area contributed by atoms with E-state index in [1.165, 1.54) is 108 Å². The molecule has 0 unspecified atom stereocenters. The molecule has 53 heavy (non-hydrogen) atoms. The summed E-state index contributed by atoms with van der Waals surface area (Å²) in [7, 11) is 0. The highest BCUT2D eigenvalue weighted by Crippen LogP contribution is 2.45. The molecule has 0 bridgehead atoms. The number of hydrogen-bond acceptors (Lipinski definition) is 1. The minimum Gasteiger partial charge on any atom is -0.135 e.